The molecule has 19 heavy (non-hydrogen) atoms. The molecule has 0 fully saturated rings. The first-order chi connectivity index (χ1) is 9.02. The van der Waals surface area contributed by atoms with Gasteiger partial charge in [-0.1, -0.05) is 49.2 Å². The zero-order valence-electron chi connectivity index (χ0n) is 10.9. The van der Waals surface area contributed by atoms with Gasteiger partial charge in [0.2, 0.25) is 0 Å². The van der Waals surface area contributed by atoms with E-state index in [1.165, 1.54) is 0 Å². The van der Waals surface area contributed by atoms with E-state index in [9.17, 15) is 5.11 Å². The summed E-state index contributed by atoms with van der Waals surface area (Å²) in [6, 6.07) is 7.57. The van der Waals surface area contributed by atoms with Gasteiger partial charge in [-0.25, -0.2) is 4.68 Å². The molecule has 0 saturated heterocycles. The normalized spacial score (nSPS) is 11.3. The van der Waals surface area contributed by atoms with Crippen LogP contribution in [0.2, 0.25) is 10.2 Å². The summed E-state index contributed by atoms with van der Waals surface area (Å²) in [4.78, 5) is 0. The molecule has 2 aromatic rings. The van der Waals surface area contributed by atoms with Crippen LogP contribution in [-0.4, -0.2) is 14.9 Å². The fourth-order valence-corrected chi connectivity index (χ4v) is 2.49. The van der Waals surface area contributed by atoms with E-state index in [1.54, 1.807) is 4.68 Å². The van der Waals surface area contributed by atoms with Gasteiger partial charge in [0.15, 0.2) is 0 Å². The van der Waals surface area contributed by atoms with Crippen molar-refractivity contribution in [3.8, 4) is 0 Å². The lowest BCUT2D eigenvalue weighted by molar-refractivity contribution is 0.280. The molecule has 1 aromatic heterocycles. The first-order valence-electron chi connectivity index (χ1n) is 6.13. The number of hydrogen-bond donors (Lipinski definition) is 1. The Morgan fingerprint density at radius 2 is 2.05 bits per heavy atom. The summed E-state index contributed by atoms with van der Waals surface area (Å²) in [5.74, 6) is 0.222. The van der Waals surface area contributed by atoms with E-state index in [0.29, 0.717) is 22.3 Å². The van der Waals surface area contributed by atoms with Gasteiger partial charge in [0.25, 0.3) is 0 Å². The molecule has 1 heterocycles. The molecule has 0 unspecified atom stereocenters. The maximum atomic E-state index is 9.41. The quantitative estimate of drug-likeness (QED) is 0.931. The maximum absolute atomic E-state index is 9.41. The van der Waals surface area contributed by atoms with Gasteiger partial charge in [-0.15, -0.1) is 0 Å². The molecule has 0 spiro atoms. The van der Waals surface area contributed by atoms with Crippen LogP contribution < -0.4 is 0 Å². The van der Waals surface area contributed by atoms with E-state index in [-0.39, 0.29) is 12.5 Å². The number of benzene rings is 1. The van der Waals surface area contributed by atoms with Crippen molar-refractivity contribution < 1.29 is 5.11 Å². The molecule has 102 valence electrons. The van der Waals surface area contributed by atoms with Gasteiger partial charge in [-0.3, -0.25) is 0 Å². The van der Waals surface area contributed by atoms with Gasteiger partial charge in [0, 0.05) is 10.6 Å². The zero-order valence-corrected chi connectivity index (χ0v) is 12.4. The number of aromatic nitrogens is 2. The maximum Gasteiger partial charge on any atom is 0.133 e. The molecule has 1 aromatic carbocycles. The average molecular weight is 299 g/mol. The minimum atomic E-state index is -0.0953. The Hall–Kier alpha value is -1.03. The minimum absolute atomic E-state index is 0.0953. The number of rotatable bonds is 4. The lowest BCUT2D eigenvalue weighted by Gasteiger charge is -2.04. The van der Waals surface area contributed by atoms with Crippen molar-refractivity contribution in [1.82, 2.24) is 9.78 Å². The Kier molecular flexibility index (Phi) is 4.50. The Balaban J connectivity index is 2.35. The third-order valence-corrected chi connectivity index (χ3v) is 3.60. The summed E-state index contributed by atoms with van der Waals surface area (Å²) in [7, 11) is 0. The molecular formula is C14H16Cl2N2O. The summed E-state index contributed by atoms with van der Waals surface area (Å²) < 4.78 is 1.70. The fourth-order valence-electron chi connectivity index (χ4n) is 2.02. The van der Waals surface area contributed by atoms with Gasteiger partial charge in [0.1, 0.15) is 5.15 Å². The van der Waals surface area contributed by atoms with Crippen molar-refractivity contribution >= 4 is 23.2 Å². The molecule has 0 aliphatic heterocycles. The van der Waals surface area contributed by atoms with Gasteiger partial charge in [-0.05, 0) is 23.6 Å². The molecular weight excluding hydrogens is 283 g/mol. The van der Waals surface area contributed by atoms with Crippen molar-refractivity contribution in [2.45, 2.75) is 32.9 Å². The summed E-state index contributed by atoms with van der Waals surface area (Å²) in [5.41, 5.74) is 2.57. The third kappa shape index (κ3) is 3.11. The molecule has 0 saturated carbocycles. The first kappa shape index (κ1) is 14.4. The van der Waals surface area contributed by atoms with Crippen molar-refractivity contribution in [2.75, 3.05) is 0 Å². The minimum Gasteiger partial charge on any atom is -0.391 e. The van der Waals surface area contributed by atoms with E-state index in [4.69, 9.17) is 23.2 Å². The molecule has 0 amide bonds. The average Bonchev–Trinajstić information content (AvgIpc) is 2.66. The highest BCUT2D eigenvalue weighted by atomic mass is 35.5. The number of halogens is 2. The summed E-state index contributed by atoms with van der Waals surface area (Å²) >= 11 is 12.2. The lowest BCUT2D eigenvalue weighted by atomic mass is 10.1. The number of nitrogens with zero attached hydrogens (tertiary/aromatic N) is 2. The summed E-state index contributed by atoms with van der Waals surface area (Å²) in [5, 5.41) is 15.1. The lowest BCUT2D eigenvalue weighted by Crippen LogP contribution is -2.02. The van der Waals surface area contributed by atoms with Crippen molar-refractivity contribution in [3.63, 3.8) is 0 Å². The summed E-state index contributed by atoms with van der Waals surface area (Å²) in [6.45, 7) is 4.50. The topological polar surface area (TPSA) is 38.0 Å². The van der Waals surface area contributed by atoms with E-state index in [0.717, 1.165) is 11.3 Å². The Bertz CT molecular complexity index is 579. The first-order valence-corrected chi connectivity index (χ1v) is 6.89. The standard InChI is InChI=1S/C14H16Cl2N2O/c1-9(2)13-12(8-19)14(16)18(17-13)7-10-4-3-5-11(15)6-10/h3-6,9,19H,7-8H2,1-2H3. The van der Waals surface area contributed by atoms with Crippen LogP contribution in [0.25, 0.3) is 0 Å². The van der Waals surface area contributed by atoms with Crippen LogP contribution in [0.5, 0.6) is 0 Å². The molecule has 0 radical (unpaired) electrons. The highest BCUT2D eigenvalue weighted by Crippen LogP contribution is 2.26. The second kappa shape index (κ2) is 5.95. The zero-order chi connectivity index (χ0) is 14.0. The Morgan fingerprint density at radius 3 is 2.58 bits per heavy atom. The number of aliphatic hydroxyl groups excluding tert-OH is 1. The van der Waals surface area contributed by atoms with Crippen molar-refractivity contribution in [2.24, 2.45) is 0 Å². The van der Waals surface area contributed by atoms with Gasteiger partial charge >= 0.3 is 0 Å². The molecule has 0 atom stereocenters. The van der Waals surface area contributed by atoms with Crippen LogP contribution in [0.1, 0.15) is 36.6 Å². The van der Waals surface area contributed by atoms with Crippen LogP contribution in [0.15, 0.2) is 24.3 Å². The predicted octanol–water partition coefficient (Wildman–Crippen LogP) is 3.85. The fraction of sp³-hybridized carbons (Fsp3) is 0.357. The van der Waals surface area contributed by atoms with Crippen LogP contribution in [0, 0.1) is 0 Å². The smallest absolute Gasteiger partial charge is 0.133 e. The number of hydrogen-bond acceptors (Lipinski definition) is 2. The molecule has 3 nitrogen and oxygen atoms in total. The van der Waals surface area contributed by atoms with Gasteiger partial charge < -0.3 is 5.11 Å². The Morgan fingerprint density at radius 1 is 1.32 bits per heavy atom. The van der Waals surface area contributed by atoms with Gasteiger partial charge in [0.05, 0.1) is 18.8 Å². The molecule has 1 N–H and O–H groups in total. The van der Waals surface area contributed by atoms with E-state index >= 15 is 0 Å². The Labute approximate surface area is 122 Å². The predicted molar refractivity (Wildman–Crippen MR) is 77.8 cm³/mol. The monoisotopic (exact) mass is 298 g/mol. The SMILES string of the molecule is CC(C)c1nn(Cc2cccc(Cl)c2)c(Cl)c1CO. The van der Waals surface area contributed by atoms with Crippen molar-refractivity contribution in [3.05, 3.63) is 51.3 Å². The van der Waals surface area contributed by atoms with Crippen LogP contribution in [0.4, 0.5) is 0 Å². The van der Waals surface area contributed by atoms with E-state index < -0.39 is 0 Å². The van der Waals surface area contributed by atoms with Crippen LogP contribution in [0.3, 0.4) is 0 Å². The summed E-state index contributed by atoms with van der Waals surface area (Å²) in [6.07, 6.45) is 0. The number of aliphatic hydroxyl groups is 1. The van der Waals surface area contributed by atoms with E-state index in [1.807, 2.05) is 38.1 Å². The largest absolute Gasteiger partial charge is 0.391 e. The molecule has 0 bridgehead atoms. The van der Waals surface area contributed by atoms with Gasteiger partial charge in [-0.2, -0.15) is 5.10 Å². The third-order valence-electron chi connectivity index (χ3n) is 2.94. The molecule has 0 aliphatic rings. The van der Waals surface area contributed by atoms with E-state index in [2.05, 4.69) is 5.10 Å². The molecule has 0 aliphatic carbocycles. The second-order valence-electron chi connectivity index (χ2n) is 4.75. The molecule has 5 heteroatoms. The highest BCUT2D eigenvalue weighted by Gasteiger charge is 2.17. The highest BCUT2D eigenvalue weighted by molar-refractivity contribution is 6.30. The van der Waals surface area contributed by atoms with Crippen molar-refractivity contribution in [1.29, 1.82) is 0 Å². The molecule has 2 rings (SSSR count). The van der Waals surface area contributed by atoms with Crippen LogP contribution in [-0.2, 0) is 13.2 Å². The second-order valence-corrected chi connectivity index (χ2v) is 5.55. The van der Waals surface area contributed by atoms with Crippen LogP contribution >= 0.6 is 23.2 Å².